The van der Waals surface area contributed by atoms with Crippen LogP contribution in [-0.2, 0) is 11.2 Å². The Balaban J connectivity index is 1.93. The second-order valence-electron chi connectivity index (χ2n) is 5.02. The number of fused-ring (bicyclic) bond motifs is 1. The molecule has 0 bridgehead atoms. The lowest BCUT2D eigenvalue weighted by molar-refractivity contribution is -0.117. The minimum Gasteiger partial charge on any atom is -0.494 e. The van der Waals surface area contributed by atoms with Gasteiger partial charge in [0.25, 0.3) is 0 Å². The minimum atomic E-state index is -0.222. The predicted molar refractivity (Wildman–Crippen MR) is 84.1 cm³/mol. The molecule has 0 radical (unpaired) electrons. The summed E-state index contributed by atoms with van der Waals surface area (Å²) in [6, 6.07) is 13.3. The Morgan fingerprint density at radius 1 is 1.24 bits per heavy atom. The number of para-hydroxylation sites is 1. The third-order valence-electron chi connectivity index (χ3n) is 3.66. The highest BCUT2D eigenvalue weighted by Gasteiger charge is 2.31. The molecule has 1 heterocycles. The Morgan fingerprint density at radius 2 is 2.05 bits per heavy atom. The zero-order valence-corrected chi connectivity index (χ0v) is 12.5. The maximum Gasteiger partial charge on any atom is 0.232 e. The topological polar surface area (TPSA) is 38.3 Å². The number of ether oxygens (including phenoxy) is 1. The zero-order chi connectivity index (χ0) is 14.8. The molecule has 0 saturated carbocycles. The number of hydrogen-bond acceptors (Lipinski definition) is 2. The first kappa shape index (κ1) is 14.0. The first-order valence-electron chi connectivity index (χ1n) is 7.00. The molecule has 0 aliphatic carbocycles. The highest BCUT2D eigenvalue weighted by molar-refractivity contribution is 6.31. The lowest BCUT2D eigenvalue weighted by Gasteiger charge is -2.13. The fraction of sp³-hybridized carbons (Fsp3) is 0.235. The second kappa shape index (κ2) is 5.78. The summed E-state index contributed by atoms with van der Waals surface area (Å²) in [7, 11) is 0. The van der Waals surface area contributed by atoms with Crippen molar-refractivity contribution in [2.75, 3.05) is 11.9 Å². The van der Waals surface area contributed by atoms with Crippen LogP contribution < -0.4 is 10.1 Å². The second-order valence-corrected chi connectivity index (χ2v) is 5.45. The third kappa shape index (κ3) is 2.74. The molecule has 1 unspecified atom stereocenters. The smallest absolute Gasteiger partial charge is 0.232 e. The van der Waals surface area contributed by atoms with Gasteiger partial charge in [-0.25, -0.2) is 0 Å². The molecule has 1 atom stereocenters. The van der Waals surface area contributed by atoms with E-state index in [0.29, 0.717) is 18.1 Å². The van der Waals surface area contributed by atoms with E-state index in [1.54, 1.807) is 6.07 Å². The van der Waals surface area contributed by atoms with Crippen LogP contribution in [0.3, 0.4) is 0 Å². The Bertz CT molecular complexity index is 684. The van der Waals surface area contributed by atoms with Gasteiger partial charge in [-0.1, -0.05) is 29.8 Å². The van der Waals surface area contributed by atoms with E-state index >= 15 is 0 Å². The van der Waals surface area contributed by atoms with Crippen molar-refractivity contribution in [2.45, 2.75) is 19.3 Å². The Morgan fingerprint density at radius 3 is 2.86 bits per heavy atom. The third-order valence-corrected chi connectivity index (χ3v) is 3.89. The van der Waals surface area contributed by atoms with Crippen LogP contribution >= 0.6 is 11.6 Å². The van der Waals surface area contributed by atoms with E-state index < -0.39 is 0 Å². The lowest BCUT2D eigenvalue weighted by Crippen LogP contribution is -2.14. The van der Waals surface area contributed by atoms with Crippen LogP contribution in [0.2, 0.25) is 5.02 Å². The van der Waals surface area contributed by atoms with E-state index in [9.17, 15) is 4.79 Å². The minimum absolute atomic E-state index is 0.0126. The van der Waals surface area contributed by atoms with Crippen molar-refractivity contribution in [1.29, 1.82) is 0 Å². The number of nitrogens with one attached hydrogen (secondary N) is 1. The molecular weight excluding hydrogens is 286 g/mol. The fourth-order valence-corrected chi connectivity index (χ4v) is 2.87. The van der Waals surface area contributed by atoms with Crippen LogP contribution in [0.4, 0.5) is 5.69 Å². The monoisotopic (exact) mass is 301 g/mol. The number of carbonyl (C=O) groups is 1. The molecule has 1 amide bonds. The largest absolute Gasteiger partial charge is 0.494 e. The Hall–Kier alpha value is -2.00. The van der Waals surface area contributed by atoms with Crippen LogP contribution in [-0.4, -0.2) is 12.5 Å². The van der Waals surface area contributed by atoms with Crippen molar-refractivity contribution >= 4 is 23.2 Å². The van der Waals surface area contributed by atoms with Crippen LogP contribution in [0, 0.1) is 0 Å². The van der Waals surface area contributed by atoms with Crippen LogP contribution in [0.15, 0.2) is 42.5 Å². The molecule has 3 nitrogen and oxygen atoms in total. The Kier molecular flexibility index (Phi) is 3.84. The molecule has 1 aliphatic rings. The van der Waals surface area contributed by atoms with E-state index in [-0.39, 0.29) is 11.8 Å². The summed E-state index contributed by atoms with van der Waals surface area (Å²) in [6.45, 7) is 2.56. The molecule has 0 spiro atoms. The van der Waals surface area contributed by atoms with Crippen molar-refractivity contribution in [3.63, 3.8) is 0 Å². The van der Waals surface area contributed by atoms with Gasteiger partial charge in [0.15, 0.2) is 0 Å². The van der Waals surface area contributed by atoms with Gasteiger partial charge in [0, 0.05) is 10.7 Å². The molecular formula is C17H16ClNO2. The van der Waals surface area contributed by atoms with Crippen molar-refractivity contribution in [3.05, 3.63) is 58.6 Å². The number of carbonyl (C=O) groups excluding carboxylic acids is 1. The molecule has 108 valence electrons. The van der Waals surface area contributed by atoms with Gasteiger partial charge >= 0.3 is 0 Å². The average Bonchev–Trinajstić information content (AvgIpc) is 2.77. The standard InChI is InChI=1S/C17H16ClNO2/c1-2-21-16-6-4-3-5-11(16)9-14-13-10-12(18)7-8-15(13)19-17(14)20/h3-8,10,14H,2,9H2,1H3,(H,19,20). The Labute approximate surface area is 128 Å². The molecule has 4 heteroatoms. The molecule has 0 aromatic heterocycles. The van der Waals surface area contributed by atoms with Crippen LogP contribution in [0.25, 0.3) is 0 Å². The molecule has 1 N–H and O–H groups in total. The van der Waals surface area contributed by atoms with Crippen LogP contribution in [0.5, 0.6) is 5.75 Å². The number of hydrogen-bond donors (Lipinski definition) is 1. The summed E-state index contributed by atoms with van der Waals surface area (Å²) in [4.78, 5) is 12.2. The van der Waals surface area contributed by atoms with Crippen LogP contribution in [0.1, 0.15) is 24.0 Å². The van der Waals surface area contributed by atoms with Gasteiger partial charge in [-0.2, -0.15) is 0 Å². The molecule has 0 saturated heterocycles. The SMILES string of the molecule is CCOc1ccccc1CC1C(=O)Nc2ccc(Cl)cc21. The van der Waals surface area contributed by atoms with E-state index in [4.69, 9.17) is 16.3 Å². The molecule has 2 aromatic carbocycles. The highest BCUT2D eigenvalue weighted by Crippen LogP contribution is 2.37. The normalized spacial score (nSPS) is 16.5. The summed E-state index contributed by atoms with van der Waals surface area (Å²) in [5, 5.41) is 3.55. The van der Waals surface area contributed by atoms with Crippen molar-refractivity contribution in [3.8, 4) is 5.75 Å². The molecule has 1 aliphatic heterocycles. The average molecular weight is 302 g/mol. The highest BCUT2D eigenvalue weighted by atomic mass is 35.5. The zero-order valence-electron chi connectivity index (χ0n) is 11.7. The first-order chi connectivity index (χ1) is 10.2. The van der Waals surface area contributed by atoms with Gasteiger partial charge in [-0.05, 0) is 48.7 Å². The summed E-state index contributed by atoms with van der Waals surface area (Å²) in [5.74, 6) is 0.627. The van der Waals surface area contributed by atoms with E-state index in [1.165, 1.54) is 0 Å². The van der Waals surface area contributed by atoms with E-state index in [1.807, 2.05) is 43.3 Å². The summed E-state index contributed by atoms with van der Waals surface area (Å²) in [5.41, 5.74) is 2.84. The van der Waals surface area contributed by atoms with Gasteiger partial charge in [-0.3, -0.25) is 4.79 Å². The summed E-state index contributed by atoms with van der Waals surface area (Å²) < 4.78 is 5.64. The van der Waals surface area contributed by atoms with Gasteiger partial charge in [-0.15, -0.1) is 0 Å². The van der Waals surface area contributed by atoms with E-state index in [0.717, 1.165) is 22.6 Å². The maximum atomic E-state index is 12.2. The number of benzene rings is 2. The predicted octanol–water partition coefficient (Wildman–Crippen LogP) is 4.02. The fourth-order valence-electron chi connectivity index (χ4n) is 2.69. The van der Waals surface area contributed by atoms with Gasteiger partial charge < -0.3 is 10.1 Å². The van der Waals surface area contributed by atoms with Gasteiger partial charge in [0.2, 0.25) is 5.91 Å². The lowest BCUT2D eigenvalue weighted by atomic mass is 9.93. The molecule has 21 heavy (non-hydrogen) atoms. The number of amides is 1. The number of rotatable bonds is 4. The molecule has 3 rings (SSSR count). The maximum absolute atomic E-state index is 12.2. The quantitative estimate of drug-likeness (QED) is 0.926. The number of anilines is 1. The van der Waals surface area contributed by atoms with Crippen molar-refractivity contribution in [2.24, 2.45) is 0 Å². The first-order valence-corrected chi connectivity index (χ1v) is 7.38. The van der Waals surface area contributed by atoms with Crippen molar-refractivity contribution in [1.82, 2.24) is 0 Å². The number of halogens is 1. The molecule has 0 fully saturated rings. The summed E-state index contributed by atoms with van der Waals surface area (Å²) >= 11 is 6.06. The molecule has 2 aromatic rings. The van der Waals surface area contributed by atoms with Gasteiger partial charge in [0.1, 0.15) is 5.75 Å². The van der Waals surface area contributed by atoms with Crippen molar-refractivity contribution < 1.29 is 9.53 Å². The summed E-state index contributed by atoms with van der Waals surface area (Å²) in [6.07, 6.45) is 0.606. The van der Waals surface area contributed by atoms with Gasteiger partial charge in [0.05, 0.1) is 12.5 Å². The van der Waals surface area contributed by atoms with E-state index in [2.05, 4.69) is 5.32 Å².